The van der Waals surface area contributed by atoms with E-state index in [9.17, 15) is 19.2 Å². The van der Waals surface area contributed by atoms with Gasteiger partial charge in [-0.3, -0.25) is 19.3 Å². The van der Waals surface area contributed by atoms with Gasteiger partial charge in [0.2, 0.25) is 5.91 Å². The van der Waals surface area contributed by atoms with Crippen molar-refractivity contribution < 1.29 is 23.9 Å². The zero-order chi connectivity index (χ0) is 21.7. The molecule has 9 heteroatoms. The molecule has 0 radical (unpaired) electrons. The van der Waals surface area contributed by atoms with E-state index in [4.69, 9.17) is 0 Å². The van der Waals surface area contributed by atoms with E-state index >= 15 is 0 Å². The molecule has 2 aromatic rings. The van der Waals surface area contributed by atoms with Gasteiger partial charge in [0.1, 0.15) is 6.54 Å². The summed E-state index contributed by atoms with van der Waals surface area (Å²) in [5.74, 6) is -1.45. The maximum atomic E-state index is 12.6. The van der Waals surface area contributed by atoms with Crippen LogP contribution in [0.15, 0.2) is 58.3 Å². The van der Waals surface area contributed by atoms with Crippen LogP contribution in [0.2, 0.25) is 0 Å². The van der Waals surface area contributed by atoms with Gasteiger partial charge in [0, 0.05) is 10.6 Å². The third-order valence-corrected chi connectivity index (χ3v) is 5.79. The predicted octanol–water partition coefficient (Wildman–Crippen LogP) is 3.87. The van der Waals surface area contributed by atoms with Crippen molar-refractivity contribution in [2.24, 2.45) is 0 Å². The van der Waals surface area contributed by atoms with Gasteiger partial charge in [-0.05, 0) is 60.0 Å². The summed E-state index contributed by atoms with van der Waals surface area (Å²) >= 11 is 2.31. The van der Waals surface area contributed by atoms with Crippen LogP contribution in [0.25, 0.3) is 6.08 Å². The average molecular weight is 443 g/mol. The zero-order valence-corrected chi connectivity index (χ0v) is 17.8. The molecule has 0 aromatic heterocycles. The van der Waals surface area contributed by atoms with Gasteiger partial charge >= 0.3 is 5.97 Å². The molecule has 0 saturated carbocycles. The number of anilines is 1. The van der Waals surface area contributed by atoms with Crippen molar-refractivity contribution in [3.63, 3.8) is 0 Å². The lowest BCUT2D eigenvalue weighted by molar-refractivity contribution is -0.127. The van der Waals surface area contributed by atoms with Gasteiger partial charge in [0.25, 0.3) is 11.1 Å². The molecule has 3 rings (SSSR count). The fourth-order valence-corrected chi connectivity index (χ4v) is 3.96. The molecule has 7 nitrogen and oxygen atoms in total. The first-order chi connectivity index (χ1) is 14.4. The lowest BCUT2D eigenvalue weighted by Crippen LogP contribution is -2.36. The van der Waals surface area contributed by atoms with Gasteiger partial charge in [-0.1, -0.05) is 18.2 Å². The number of nitrogens with one attached hydrogen (secondary N) is 1. The SMILES string of the molecule is COC(=O)c1ccc(/C=C2/SC(=O)N(CC(=O)Nc3cccc(SC)c3)C2=O)cc1. The number of carbonyl (C=O) groups is 4. The summed E-state index contributed by atoms with van der Waals surface area (Å²) in [6.07, 6.45) is 3.47. The summed E-state index contributed by atoms with van der Waals surface area (Å²) < 4.78 is 4.64. The molecule has 1 aliphatic heterocycles. The normalized spacial score (nSPS) is 14.9. The van der Waals surface area contributed by atoms with Crippen molar-refractivity contribution in [3.05, 3.63) is 64.6 Å². The number of carbonyl (C=O) groups excluding carboxylic acids is 4. The second-order valence-corrected chi connectivity index (χ2v) is 8.03. The highest BCUT2D eigenvalue weighted by Crippen LogP contribution is 2.32. The van der Waals surface area contributed by atoms with Gasteiger partial charge in [-0.15, -0.1) is 11.8 Å². The Labute approximate surface area is 181 Å². The molecule has 0 aliphatic carbocycles. The fourth-order valence-electron chi connectivity index (χ4n) is 2.67. The van der Waals surface area contributed by atoms with Crippen LogP contribution >= 0.6 is 23.5 Å². The Bertz CT molecular complexity index is 1030. The molecule has 0 atom stereocenters. The number of benzene rings is 2. The molecule has 1 N–H and O–H groups in total. The molecule has 1 aliphatic rings. The van der Waals surface area contributed by atoms with E-state index < -0.39 is 23.0 Å². The number of methoxy groups -OCH3 is 1. The quantitative estimate of drug-likeness (QED) is 0.412. The van der Waals surface area contributed by atoms with Crippen LogP contribution < -0.4 is 5.32 Å². The molecule has 0 bridgehead atoms. The Morgan fingerprint density at radius 1 is 1.17 bits per heavy atom. The van der Waals surface area contributed by atoms with Crippen LogP contribution in [0.4, 0.5) is 10.5 Å². The maximum Gasteiger partial charge on any atom is 0.337 e. The van der Waals surface area contributed by atoms with Crippen molar-refractivity contribution in [1.82, 2.24) is 4.90 Å². The number of thioether (sulfide) groups is 2. The summed E-state index contributed by atoms with van der Waals surface area (Å²) in [5.41, 5.74) is 1.62. The second-order valence-electron chi connectivity index (χ2n) is 6.16. The number of hydrogen-bond acceptors (Lipinski definition) is 7. The molecule has 1 saturated heterocycles. The molecule has 2 aromatic carbocycles. The highest BCUT2D eigenvalue weighted by atomic mass is 32.2. The number of hydrogen-bond donors (Lipinski definition) is 1. The minimum absolute atomic E-state index is 0.211. The molecule has 1 heterocycles. The third-order valence-electron chi connectivity index (χ3n) is 4.16. The van der Waals surface area contributed by atoms with Gasteiger partial charge < -0.3 is 10.1 Å². The highest BCUT2D eigenvalue weighted by molar-refractivity contribution is 8.18. The van der Waals surface area contributed by atoms with Gasteiger partial charge in [-0.2, -0.15) is 0 Å². The average Bonchev–Trinajstić information content (AvgIpc) is 3.01. The Balaban J connectivity index is 1.67. The number of esters is 1. The highest BCUT2D eigenvalue weighted by Gasteiger charge is 2.36. The largest absolute Gasteiger partial charge is 0.465 e. The van der Waals surface area contributed by atoms with Crippen LogP contribution in [-0.4, -0.2) is 47.8 Å². The van der Waals surface area contributed by atoms with E-state index in [-0.39, 0.29) is 11.4 Å². The Kier molecular flexibility index (Phi) is 6.96. The smallest absolute Gasteiger partial charge is 0.337 e. The number of nitrogens with zero attached hydrogens (tertiary/aromatic N) is 1. The molecule has 1 fully saturated rings. The standard InChI is InChI=1S/C21H18N2O5S2/c1-28-20(26)14-8-6-13(7-9-14)10-17-19(25)23(21(27)30-17)12-18(24)22-15-4-3-5-16(11-15)29-2/h3-11H,12H2,1-2H3,(H,22,24)/b17-10+. The predicted molar refractivity (Wildman–Crippen MR) is 117 cm³/mol. The van der Waals surface area contributed by atoms with Crippen LogP contribution in [0.5, 0.6) is 0 Å². The lowest BCUT2D eigenvalue weighted by atomic mass is 10.1. The lowest BCUT2D eigenvalue weighted by Gasteiger charge is -2.12. The van der Waals surface area contributed by atoms with Crippen LogP contribution in [0.1, 0.15) is 15.9 Å². The number of rotatable bonds is 6. The maximum absolute atomic E-state index is 12.6. The van der Waals surface area contributed by atoms with E-state index in [2.05, 4.69) is 10.1 Å². The summed E-state index contributed by atoms with van der Waals surface area (Å²) in [7, 11) is 1.29. The van der Waals surface area contributed by atoms with Crippen molar-refractivity contribution in [2.45, 2.75) is 4.90 Å². The van der Waals surface area contributed by atoms with Crippen molar-refractivity contribution in [3.8, 4) is 0 Å². The monoisotopic (exact) mass is 442 g/mol. The molecular formula is C21H18N2O5S2. The molecule has 0 spiro atoms. The summed E-state index contributed by atoms with van der Waals surface area (Å²) in [5, 5.41) is 2.19. The van der Waals surface area contributed by atoms with E-state index in [1.54, 1.807) is 48.2 Å². The van der Waals surface area contributed by atoms with Crippen molar-refractivity contribution >= 4 is 58.3 Å². The number of ether oxygens (including phenoxy) is 1. The second kappa shape index (κ2) is 9.64. The molecular weight excluding hydrogens is 424 g/mol. The summed E-state index contributed by atoms with van der Waals surface area (Å²) in [6.45, 7) is -0.368. The first-order valence-corrected chi connectivity index (χ1v) is 10.8. The zero-order valence-electron chi connectivity index (χ0n) is 16.2. The Morgan fingerprint density at radius 2 is 1.90 bits per heavy atom. The molecule has 0 unspecified atom stereocenters. The topological polar surface area (TPSA) is 92.8 Å². The Hall–Kier alpha value is -3.04. The van der Waals surface area contributed by atoms with Gasteiger partial charge in [-0.25, -0.2) is 4.79 Å². The van der Waals surface area contributed by atoms with Crippen LogP contribution in [0, 0.1) is 0 Å². The molecule has 30 heavy (non-hydrogen) atoms. The summed E-state index contributed by atoms with van der Waals surface area (Å²) in [6, 6.07) is 13.7. The number of amides is 3. The Morgan fingerprint density at radius 3 is 2.57 bits per heavy atom. The molecule has 154 valence electrons. The summed E-state index contributed by atoms with van der Waals surface area (Å²) in [4.78, 5) is 50.7. The van der Waals surface area contributed by atoms with E-state index in [1.807, 2.05) is 24.5 Å². The van der Waals surface area contributed by atoms with Crippen LogP contribution in [0.3, 0.4) is 0 Å². The third kappa shape index (κ3) is 5.11. The molecule has 3 amide bonds. The van der Waals surface area contributed by atoms with Crippen molar-refractivity contribution in [2.75, 3.05) is 25.2 Å². The van der Waals surface area contributed by atoms with Gasteiger partial charge in [0.15, 0.2) is 0 Å². The minimum atomic E-state index is -0.532. The first-order valence-electron chi connectivity index (χ1n) is 8.79. The van der Waals surface area contributed by atoms with E-state index in [0.29, 0.717) is 16.8 Å². The minimum Gasteiger partial charge on any atom is -0.465 e. The number of imide groups is 1. The van der Waals surface area contributed by atoms with Crippen molar-refractivity contribution in [1.29, 1.82) is 0 Å². The first kappa shape index (κ1) is 21.7. The van der Waals surface area contributed by atoms with E-state index in [1.165, 1.54) is 7.11 Å². The van der Waals surface area contributed by atoms with Gasteiger partial charge in [0.05, 0.1) is 17.6 Å². The van der Waals surface area contributed by atoms with E-state index in [0.717, 1.165) is 21.6 Å². The fraction of sp³-hybridized carbons (Fsp3) is 0.143. The van der Waals surface area contributed by atoms with Crippen LogP contribution in [-0.2, 0) is 14.3 Å².